The van der Waals surface area contributed by atoms with Gasteiger partial charge in [0.2, 0.25) is 41.4 Å². The van der Waals surface area contributed by atoms with Crippen molar-refractivity contribution in [3.63, 3.8) is 0 Å². The number of thiophene rings is 2. The van der Waals surface area contributed by atoms with Crippen LogP contribution in [0.25, 0.3) is 10.8 Å². The summed E-state index contributed by atoms with van der Waals surface area (Å²) in [7, 11) is 0. The molecule has 2 saturated heterocycles. The van der Waals surface area contributed by atoms with Gasteiger partial charge >= 0.3 is 5.97 Å². The summed E-state index contributed by atoms with van der Waals surface area (Å²) < 4.78 is 0. The smallest absolute Gasteiger partial charge is 0.326 e. The zero-order valence-electron chi connectivity index (χ0n) is 38.9. The number of carbonyl (C=O) groups is 8. The van der Waals surface area contributed by atoms with Gasteiger partial charge in [-0.15, -0.1) is 22.7 Å². The lowest BCUT2D eigenvalue weighted by Crippen LogP contribution is -2.60. The number of nitrogens with zero attached hydrogens (tertiary/aromatic N) is 2. The van der Waals surface area contributed by atoms with Crippen LogP contribution < -0.4 is 32.3 Å². The fourth-order valence-electron chi connectivity index (χ4n) is 8.97. The highest BCUT2D eigenvalue weighted by Gasteiger charge is 2.43. The number of benzene rings is 3. The van der Waals surface area contributed by atoms with E-state index in [1.807, 2.05) is 42.5 Å². The number of aliphatic hydroxyl groups is 1. The molecule has 2 aliphatic heterocycles. The lowest BCUT2D eigenvalue weighted by molar-refractivity contribution is -0.147. The van der Waals surface area contributed by atoms with Crippen molar-refractivity contribution in [3.05, 3.63) is 129 Å². The van der Waals surface area contributed by atoms with Crippen molar-refractivity contribution in [2.75, 3.05) is 26.2 Å². The molecule has 5 aromatic rings. The molecule has 7 atom stereocenters. The standard InChI is InChI=1S/C51H58N8O10S2/c52-37(25-32-18-19-33-12-4-5-13-34(33)24-32)49(66)59-21-7-17-43(59)50(67)58-20-6-16-42(58)48(65)53-29-44(61)54-39(27-35-14-8-22-70-35)46(63)57-41(30-60)47(64)55-38(26-31-10-2-1-3-11-31)45(62)56-40(51(68)69)28-36-15-9-23-71-36/h1-5,8-15,18-19,22-24,37-43,60H,6-7,16-17,20-21,25-30,52H2,(H,53,65)(H,54,61)(H,55,64)(H,56,62)(H,57,63)(H,68,69). The Morgan fingerprint density at radius 2 is 1.18 bits per heavy atom. The molecule has 18 nitrogen and oxygen atoms in total. The van der Waals surface area contributed by atoms with Gasteiger partial charge in [0.05, 0.1) is 19.2 Å². The SMILES string of the molecule is NC(Cc1ccc2ccccc2c1)C(=O)N1CCCC1C(=O)N1CCCC1C(=O)NCC(=O)NC(Cc1cccs1)C(=O)NC(CO)C(=O)NC(Cc1ccccc1)C(=O)NC(Cc1cccs1)C(=O)O. The van der Waals surface area contributed by atoms with Gasteiger partial charge in [-0.05, 0) is 76.9 Å². The Hall–Kier alpha value is -7.00. The van der Waals surface area contributed by atoms with Crippen molar-refractivity contribution in [1.82, 2.24) is 36.4 Å². The van der Waals surface area contributed by atoms with E-state index in [9.17, 15) is 48.6 Å². The number of likely N-dealkylation sites (tertiary alicyclic amines) is 2. The minimum atomic E-state index is -1.60. The first-order chi connectivity index (χ1) is 34.3. The van der Waals surface area contributed by atoms with Gasteiger partial charge < -0.3 is 52.3 Å². The van der Waals surface area contributed by atoms with Crippen molar-refractivity contribution in [1.29, 1.82) is 0 Å². The van der Waals surface area contributed by atoms with Gasteiger partial charge in [0.25, 0.3) is 0 Å². The van der Waals surface area contributed by atoms with E-state index in [4.69, 9.17) is 5.73 Å². The summed E-state index contributed by atoms with van der Waals surface area (Å²) in [6, 6.07) is 21.4. The topological polar surface area (TPSA) is 270 Å². The van der Waals surface area contributed by atoms with Gasteiger partial charge in [-0.1, -0.05) is 84.9 Å². The number of nitrogens with two attached hydrogens (primary N) is 1. The molecular formula is C51H58N8O10S2. The van der Waals surface area contributed by atoms with Crippen LogP contribution in [0, 0.1) is 0 Å². The van der Waals surface area contributed by atoms with Gasteiger partial charge in [0.15, 0.2) is 0 Å². The molecule has 2 fully saturated rings. The Balaban J connectivity index is 0.947. The van der Waals surface area contributed by atoms with Gasteiger partial charge in [-0.3, -0.25) is 33.6 Å². The Morgan fingerprint density at radius 3 is 1.83 bits per heavy atom. The number of rotatable bonds is 22. The summed E-state index contributed by atoms with van der Waals surface area (Å²) in [4.78, 5) is 113. The molecule has 7 rings (SSSR count). The molecule has 2 aromatic heterocycles. The first-order valence-electron chi connectivity index (χ1n) is 23.5. The molecule has 2 aliphatic rings. The predicted octanol–water partition coefficient (Wildman–Crippen LogP) is 1.68. The lowest BCUT2D eigenvalue weighted by Gasteiger charge is -2.32. The van der Waals surface area contributed by atoms with Crippen LogP contribution in [0.2, 0.25) is 0 Å². The molecule has 0 aliphatic carbocycles. The second-order valence-electron chi connectivity index (χ2n) is 17.7. The summed E-state index contributed by atoms with van der Waals surface area (Å²) in [6.45, 7) is -0.825. The van der Waals surface area contributed by atoms with E-state index in [1.54, 1.807) is 65.4 Å². The van der Waals surface area contributed by atoms with E-state index >= 15 is 0 Å². The van der Waals surface area contributed by atoms with E-state index < -0.39 is 90.9 Å². The Kier molecular flexibility index (Phi) is 18.0. The molecule has 0 bridgehead atoms. The fraction of sp³-hybridized carbons (Fsp3) is 0.373. The maximum atomic E-state index is 14.1. The molecule has 9 N–H and O–H groups in total. The van der Waals surface area contributed by atoms with Crippen molar-refractivity contribution >= 4 is 80.8 Å². The van der Waals surface area contributed by atoms with Crippen LogP contribution in [0.3, 0.4) is 0 Å². The maximum Gasteiger partial charge on any atom is 0.326 e. The average Bonchev–Trinajstić information content (AvgIpc) is 4.24. The number of carboxylic acid groups (broad SMARTS) is 1. The third-order valence-electron chi connectivity index (χ3n) is 12.6. The Bertz CT molecular complexity index is 2670. The maximum absolute atomic E-state index is 14.1. The lowest BCUT2D eigenvalue weighted by atomic mass is 10.0. The monoisotopic (exact) mass is 1010 g/mol. The fourth-order valence-corrected chi connectivity index (χ4v) is 10.5. The highest BCUT2D eigenvalue weighted by molar-refractivity contribution is 7.10. The first-order valence-corrected chi connectivity index (χ1v) is 25.3. The molecule has 3 aromatic carbocycles. The van der Waals surface area contributed by atoms with E-state index in [0.717, 1.165) is 21.2 Å². The van der Waals surface area contributed by atoms with Crippen LogP contribution in [0.5, 0.6) is 0 Å². The Labute approximate surface area is 418 Å². The molecule has 0 radical (unpaired) electrons. The zero-order valence-corrected chi connectivity index (χ0v) is 40.5. The Morgan fingerprint density at radius 1 is 0.606 bits per heavy atom. The summed E-state index contributed by atoms with van der Waals surface area (Å²) in [5, 5.41) is 38.7. The number of aliphatic carboxylic acids is 1. The van der Waals surface area contributed by atoms with Gasteiger partial charge in [-0.25, -0.2) is 4.79 Å². The largest absolute Gasteiger partial charge is 0.480 e. The van der Waals surface area contributed by atoms with Gasteiger partial charge in [-0.2, -0.15) is 0 Å². The molecule has 374 valence electrons. The summed E-state index contributed by atoms with van der Waals surface area (Å²) in [6.07, 6.45) is 2.10. The second-order valence-corrected chi connectivity index (χ2v) is 19.7. The van der Waals surface area contributed by atoms with Gasteiger partial charge in [0.1, 0.15) is 36.3 Å². The summed E-state index contributed by atoms with van der Waals surface area (Å²) in [5.74, 6) is -5.91. The average molecular weight is 1010 g/mol. The zero-order chi connectivity index (χ0) is 50.4. The molecular weight excluding hydrogens is 949 g/mol. The molecule has 20 heteroatoms. The molecule has 7 unspecified atom stereocenters. The van der Waals surface area contributed by atoms with E-state index in [2.05, 4.69) is 26.6 Å². The number of nitrogens with one attached hydrogen (secondary N) is 5. The number of carboxylic acids is 1. The second kappa shape index (κ2) is 24.7. The van der Waals surface area contributed by atoms with Crippen LogP contribution in [0.15, 0.2) is 108 Å². The van der Waals surface area contributed by atoms with Crippen molar-refractivity contribution in [2.45, 2.75) is 93.7 Å². The third-order valence-corrected chi connectivity index (χ3v) is 14.4. The normalized spacial score (nSPS) is 17.6. The van der Waals surface area contributed by atoms with E-state index in [0.29, 0.717) is 42.7 Å². The quantitative estimate of drug-likeness (QED) is 0.0494. The molecule has 7 amide bonds. The number of amides is 7. The molecule has 0 spiro atoms. The van der Waals surface area contributed by atoms with E-state index in [-0.39, 0.29) is 44.0 Å². The number of carbonyl (C=O) groups excluding carboxylic acids is 7. The van der Waals surface area contributed by atoms with Gasteiger partial charge in [0, 0.05) is 42.1 Å². The minimum Gasteiger partial charge on any atom is -0.480 e. The highest BCUT2D eigenvalue weighted by atomic mass is 32.1. The van der Waals surface area contributed by atoms with Crippen LogP contribution >= 0.6 is 22.7 Å². The number of fused-ring (bicyclic) bond motifs is 1. The molecule has 4 heterocycles. The van der Waals surface area contributed by atoms with Crippen molar-refractivity contribution in [2.24, 2.45) is 5.73 Å². The van der Waals surface area contributed by atoms with Crippen LogP contribution in [0.1, 0.15) is 46.6 Å². The number of hydrogen-bond acceptors (Lipinski definition) is 12. The van der Waals surface area contributed by atoms with Crippen LogP contribution in [-0.4, -0.2) is 136 Å². The van der Waals surface area contributed by atoms with Crippen LogP contribution in [-0.2, 0) is 64.0 Å². The number of hydrogen-bond donors (Lipinski definition) is 8. The van der Waals surface area contributed by atoms with Crippen molar-refractivity contribution < 1.29 is 48.6 Å². The van der Waals surface area contributed by atoms with Crippen LogP contribution in [0.4, 0.5) is 0 Å². The molecule has 0 saturated carbocycles. The third kappa shape index (κ3) is 13.9. The van der Waals surface area contributed by atoms with Crippen molar-refractivity contribution in [3.8, 4) is 0 Å². The van der Waals surface area contributed by atoms with E-state index in [1.165, 1.54) is 32.5 Å². The number of aliphatic hydroxyl groups excluding tert-OH is 1. The summed E-state index contributed by atoms with van der Waals surface area (Å²) in [5.41, 5.74) is 7.99. The summed E-state index contributed by atoms with van der Waals surface area (Å²) >= 11 is 2.64. The minimum absolute atomic E-state index is 0.00684. The highest BCUT2D eigenvalue weighted by Crippen LogP contribution is 2.26. The first kappa shape index (κ1) is 51.8. The molecule has 71 heavy (non-hydrogen) atoms. The predicted molar refractivity (Wildman–Crippen MR) is 267 cm³/mol.